The molecule has 2 N–H and O–H groups in total. The summed E-state index contributed by atoms with van der Waals surface area (Å²) >= 11 is 0. The normalized spacial score (nSPS) is 15.8. The Labute approximate surface area is 143 Å². The predicted octanol–water partition coefficient (Wildman–Crippen LogP) is 2.38. The SMILES string of the molecule is Cc1ccc(C)c2c(C)c(C(=O)NCCCN3CCNCC3)oc12. The number of nitrogens with one attached hydrogen (secondary N) is 2. The van der Waals surface area contributed by atoms with Gasteiger partial charge in [-0.3, -0.25) is 4.79 Å². The van der Waals surface area contributed by atoms with E-state index < -0.39 is 0 Å². The molecule has 0 aliphatic carbocycles. The molecule has 2 aromatic rings. The van der Waals surface area contributed by atoms with E-state index in [2.05, 4.69) is 28.5 Å². The highest BCUT2D eigenvalue weighted by molar-refractivity contribution is 6.00. The second-order valence-electron chi connectivity index (χ2n) is 6.66. The molecule has 0 spiro atoms. The van der Waals surface area contributed by atoms with Gasteiger partial charge < -0.3 is 20.0 Å². The molecule has 2 heterocycles. The Morgan fingerprint density at radius 3 is 2.62 bits per heavy atom. The molecule has 24 heavy (non-hydrogen) atoms. The average Bonchev–Trinajstić information content (AvgIpc) is 2.95. The molecule has 0 atom stereocenters. The molecule has 1 saturated heterocycles. The molecule has 1 amide bonds. The van der Waals surface area contributed by atoms with E-state index in [1.54, 1.807) is 0 Å². The zero-order valence-electron chi connectivity index (χ0n) is 14.9. The molecule has 0 unspecified atom stereocenters. The van der Waals surface area contributed by atoms with Crippen LogP contribution in [0.25, 0.3) is 11.0 Å². The molecular weight excluding hydrogens is 302 g/mol. The largest absolute Gasteiger partial charge is 0.450 e. The van der Waals surface area contributed by atoms with Crippen LogP contribution in [0.3, 0.4) is 0 Å². The fraction of sp³-hybridized carbons (Fsp3) is 0.526. The van der Waals surface area contributed by atoms with Gasteiger partial charge in [0.1, 0.15) is 5.58 Å². The number of fused-ring (bicyclic) bond motifs is 1. The van der Waals surface area contributed by atoms with E-state index in [0.29, 0.717) is 12.3 Å². The lowest BCUT2D eigenvalue weighted by atomic mass is 10.0. The van der Waals surface area contributed by atoms with Gasteiger partial charge in [-0.15, -0.1) is 0 Å². The molecule has 3 rings (SSSR count). The summed E-state index contributed by atoms with van der Waals surface area (Å²) in [4.78, 5) is 14.9. The predicted molar refractivity (Wildman–Crippen MR) is 96.7 cm³/mol. The Bertz CT molecular complexity index is 730. The second-order valence-corrected chi connectivity index (χ2v) is 6.66. The van der Waals surface area contributed by atoms with Crippen LogP contribution in [-0.4, -0.2) is 50.1 Å². The number of rotatable bonds is 5. The first-order chi connectivity index (χ1) is 11.6. The van der Waals surface area contributed by atoms with Gasteiger partial charge in [0, 0.05) is 43.7 Å². The van der Waals surface area contributed by atoms with Crippen LogP contribution in [0.4, 0.5) is 0 Å². The Kier molecular flexibility index (Phi) is 5.21. The van der Waals surface area contributed by atoms with Gasteiger partial charge in [-0.05, 0) is 44.9 Å². The Morgan fingerprint density at radius 1 is 1.21 bits per heavy atom. The third-order valence-corrected chi connectivity index (χ3v) is 4.84. The minimum atomic E-state index is -0.109. The first-order valence-electron chi connectivity index (χ1n) is 8.78. The smallest absolute Gasteiger partial charge is 0.287 e. The number of piperazine rings is 1. The van der Waals surface area contributed by atoms with Gasteiger partial charge in [-0.1, -0.05) is 12.1 Å². The molecule has 1 aromatic carbocycles. The Balaban J connectivity index is 1.61. The summed E-state index contributed by atoms with van der Waals surface area (Å²) in [5.41, 5.74) is 3.98. The number of carbonyl (C=O) groups is 1. The standard InChI is InChI=1S/C19H27N3O2/c1-13-5-6-14(2)17-16(13)15(3)18(24-17)19(23)21-7-4-10-22-11-8-20-9-12-22/h5-6,20H,4,7-12H2,1-3H3,(H,21,23). The molecule has 5 heteroatoms. The third kappa shape index (κ3) is 3.47. The summed E-state index contributed by atoms with van der Waals surface area (Å²) in [5.74, 6) is 0.340. The minimum absolute atomic E-state index is 0.109. The van der Waals surface area contributed by atoms with Crippen LogP contribution < -0.4 is 10.6 Å². The Morgan fingerprint density at radius 2 is 1.92 bits per heavy atom. The first kappa shape index (κ1) is 17.0. The van der Waals surface area contributed by atoms with E-state index in [9.17, 15) is 4.79 Å². The van der Waals surface area contributed by atoms with Gasteiger partial charge in [0.2, 0.25) is 0 Å². The van der Waals surface area contributed by atoms with Crippen LogP contribution in [0.2, 0.25) is 0 Å². The topological polar surface area (TPSA) is 57.5 Å². The fourth-order valence-electron chi connectivity index (χ4n) is 3.41. The minimum Gasteiger partial charge on any atom is -0.450 e. The lowest BCUT2D eigenvalue weighted by Crippen LogP contribution is -2.44. The molecule has 0 bridgehead atoms. The number of hydrogen-bond donors (Lipinski definition) is 2. The summed E-state index contributed by atoms with van der Waals surface area (Å²) < 4.78 is 5.89. The van der Waals surface area contributed by atoms with Crippen LogP contribution in [0.15, 0.2) is 16.5 Å². The molecule has 5 nitrogen and oxygen atoms in total. The Hall–Kier alpha value is -1.85. The van der Waals surface area contributed by atoms with Gasteiger partial charge in [-0.25, -0.2) is 0 Å². The van der Waals surface area contributed by atoms with E-state index in [4.69, 9.17) is 4.42 Å². The lowest BCUT2D eigenvalue weighted by Gasteiger charge is -2.26. The number of benzene rings is 1. The van der Waals surface area contributed by atoms with Crippen LogP contribution in [0.5, 0.6) is 0 Å². The summed E-state index contributed by atoms with van der Waals surface area (Å²) in [7, 11) is 0. The zero-order valence-corrected chi connectivity index (χ0v) is 14.9. The summed E-state index contributed by atoms with van der Waals surface area (Å²) in [5, 5.41) is 7.42. The molecule has 0 saturated carbocycles. The quantitative estimate of drug-likeness (QED) is 0.827. The van der Waals surface area contributed by atoms with Crippen molar-refractivity contribution in [2.45, 2.75) is 27.2 Å². The van der Waals surface area contributed by atoms with E-state index in [1.165, 1.54) is 0 Å². The van der Waals surface area contributed by atoms with Crippen molar-refractivity contribution in [3.63, 3.8) is 0 Å². The van der Waals surface area contributed by atoms with Crippen molar-refractivity contribution >= 4 is 16.9 Å². The van der Waals surface area contributed by atoms with Crippen molar-refractivity contribution in [2.24, 2.45) is 0 Å². The third-order valence-electron chi connectivity index (χ3n) is 4.84. The van der Waals surface area contributed by atoms with Gasteiger partial charge in [0.15, 0.2) is 5.76 Å². The van der Waals surface area contributed by atoms with E-state index in [-0.39, 0.29) is 5.91 Å². The summed E-state index contributed by atoms with van der Waals surface area (Å²) in [6, 6.07) is 4.12. The van der Waals surface area contributed by atoms with Gasteiger partial charge in [-0.2, -0.15) is 0 Å². The number of amides is 1. The van der Waals surface area contributed by atoms with Crippen LogP contribution >= 0.6 is 0 Å². The van der Waals surface area contributed by atoms with Gasteiger partial charge in [0.05, 0.1) is 0 Å². The molecule has 1 fully saturated rings. The zero-order chi connectivity index (χ0) is 17.1. The summed E-state index contributed by atoms with van der Waals surface area (Å²) in [6.07, 6.45) is 0.961. The molecule has 130 valence electrons. The summed E-state index contributed by atoms with van der Waals surface area (Å²) in [6.45, 7) is 12.0. The van der Waals surface area contributed by atoms with Crippen molar-refractivity contribution in [3.8, 4) is 0 Å². The van der Waals surface area contributed by atoms with Crippen LogP contribution in [0.1, 0.15) is 33.7 Å². The van der Waals surface area contributed by atoms with Crippen molar-refractivity contribution in [3.05, 3.63) is 34.6 Å². The maximum absolute atomic E-state index is 12.5. The first-order valence-corrected chi connectivity index (χ1v) is 8.78. The maximum atomic E-state index is 12.5. The molecule has 1 aliphatic rings. The lowest BCUT2D eigenvalue weighted by molar-refractivity contribution is 0.0925. The van der Waals surface area contributed by atoms with Crippen molar-refractivity contribution in [1.82, 2.24) is 15.5 Å². The van der Waals surface area contributed by atoms with E-state index in [0.717, 1.165) is 66.8 Å². The number of hydrogen-bond acceptors (Lipinski definition) is 4. The highest BCUT2D eigenvalue weighted by atomic mass is 16.3. The fourth-order valence-corrected chi connectivity index (χ4v) is 3.41. The number of aryl methyl sites for hydroxylation is 3. The van der Waals surface area contributed by atoms with Crippen LogP contribution in [-0.2, 0) is 0 Å². The molecular formula is C19H27N3O2. The molecule has 0 radical (unpaired) electrons. The highest BCUT2D eigenvalue weighted by Gasteiger charge is 2.19. The maximum Gasteiger partial charge on any atom is 0.287 e. The van der Waals surface area contributed by atoms with E-state index in [1.807, 2.05) is 19.9 Å². The van der Waals surface area contributed by atoms with Gasteiger partial charge in [0.25, 0.3) is 5.91 Å². The van der Waals surface area contributed by atoms with Crippen molar-refractivity contribution in [1.29, 1.82) is 0 Å². The van der Waals surface area contributed by atoms with Crippen molar-refractivity contribution < 1.29 is 9.21 Å². The number of furan rings is 1. The molecule has 1 aliphatic heterocycles. The average molecular weight is 329 g/mol. The van der Waals surface area contributed by atoms with Gasteiger partial charge >= 0.3 is 0 Å². The highest BCUT2D eigenvalue weighted by Crippen LogP contribution is 2.30. The molecule has 1 aromatic heterocycles. The van der Waals surface area contributed by atoms with Crippen molar-refractivity contribution in [2.75, 3.05) is 39.3 Å². The number of nitrogens with zero attached hydrogens (tertiary/aromatic N) is 1. The second kappa shape index (κ2) is 7.36. The monoisotopic (exact) mass is 329 g/mol. The van der Waals surface area contributed by atoms with Crippen LogP contribution in [0, 0.1) is 20.8 Å². The van der Waals surface area contributed by atoms with E-state index >= 15 is 0 Å². The number of carbonyl (C=O) groups excluding carboxylic acids is 1.